The standard InChI is InChI=1S/C13H10Cl2N2O4/c1-7-4-11(17-21-7)16-12(18)6-20-13(19)8-2-3-9(14)10(15)5-8/h2-5H,6H2,1H3,(H,16,17,18). The van der Waals surface area contributed by atoms with E-state index in [1.807, 2.05) is 0 Å². The lowest BCUT2D eigenvalue weighted by molar-refractivity contribution is -0.119. The summed E-state index contributed by atoms with van der Waals surface area (Å²) in [6.07, 6.45) is 0. The summed E-state index contributed by atoms with van der Waals surface area (Å²) in [5, 5.41) is 6.56. The molecule has 6 nitrogen and oxygen atoms in total. The predicted molar refractivity (Wildman–Crippen MR) is 76.6 cm³/mol. The van der Waals surface area contributed by atoms with Crippen LogP contribution in [0.25, 0.3) is 0 Å². The van der Waals surface area contributed by atoms with Gasteiger partial charge in [-0.25, -0.2) is 4.79 Å². The van der Waals surface area contributed by atoms with Crippen LogP contribution < -0.4 is 5.32 Å². The predicted octanol–water partition coefficient (Wildman–Crippen LogP) is 3.09. The van der Waals surface area contributed by atoms with Crippen molar-refractivity contribution in [1.29, 1.82) is 0 Å². The van der Waals surface area contributed by atoms with Crippen LogP contribution in [0, 0.1) is 6.92 Å². The lowest BCUT2D eigenvalue weighted by Gasteiger charge is -2.05. The number of nitrogens with one attached hydrogen (secondary N) is 1. The molecule has 0 atom stereocenters. The van der Waals surface area contributed by atoms with Crippen LogP contribution in [0.1, 0.15) is 16.1 Å². The van der Waals surface area contributed by atoms with Gasteiger partial charge >= 0.3 is 5.97 Å². The van der Waals surface area contributed by atoms with E-state index in [1.165, 1.54) is 18.2 Å². The quantitative estimate of drug-likeness (QED) is 0.872. The lowest BCUT2D eigenvalue weighted by Crippen LogP contribution is -2.21. The summed E-state index contributed by atoms with van der Waals surface area (Å²) >= 11 is 11.5. The van der Waals surface area contributed by atoms with Crippen molar-refractivity contribution in [2.45, 2.75) is 6.92 Å². The van der Waals surface area contributed by atoms with Gasteiger partial charge in [-0.3, -0.25) is 4.79 Å². The zero-order valence-electron chi connectivity index (χ0n) is 10.9. The molecule has 1 amide bonds. The van der Waals surface area contributed by atoms with E-state index in [0.29, 0.717) is 10.8 Å². The first-order valence-electron chi connectivity index (χ1n) is 5.81. The second kappa shape index (κ2) is 6.60. The molecule has 1 N–H and O–H groups in total. The maximum atomic E-state index is 11.7. The summed E-state index contributed by atoms with van der Waals surface area (Å²) in [6, 6.07) is 5.83. The highest BCUT2D eigenvalue weighted by Gasteiger charge is 2.13. The number of esters is 1. The third-order valence-electron chi connectivity index (χ3n) is 2.39. The highest BCUT2D eigenvalue weighted by Crippen LogP contribution is 2.22. The number of nitrogens with zero attached hydrogens (tertiary/aromatic N) is 1. The van der Waals surface area contributed by atoms with Crippen molar-refractivity contribution in [2.75, 3.05) is 11.9 Å². The molecular weight excluding hydrogens is 319 g/mol. The van der Waals surface area contributed by atoms with Gasteiger partial charge in [0.25, 0.3) is 5.91 Å². The summed E-state index contributed by atoms with van der Waals surface area (Å²) in [5.74, 6) is -0.405. The Kier molecular flexibility index (Phi) is 4.82. The van der Waals surface area contributed by atoms with Crippen LogP contribution in [0.4, 0.5) is 5.82 Å². The van der Waals surface area contributed by atoms with E-state index < -0.39 is 18.5 Å². The van der Waals surface area contributed by atoms with Crippen molar-refractivity contribution >= 4 is 40.9 Å². The van der Waals surface area contributed by atoms with E-state index in [0.717, 1.165) is 0 Å². The van der Waals surface area contributed by atoms with Crippen molar-refractivity contribution in [2.24, 2.45) is 0 Å². The number of benzene rings is 1. The molecule has 0 aliphatic rings. The number of ether oxygens (including phenoxy) is 1. The number of aromatic nitrogens is 1. The lowest BCUT2D eigenvalue weighted by atomic mass is 10.2. The first-order chi connectivity index (χ1) is 9.95. The van der Waals surface area contributed by atoms with Crippen molar-refractivity contribution < 1.29 is 18.8 Å². The van der Waals surface area contributed by atoms with Gasteiger partial charge in [-0.2, -0.15) is 0 Å². The number of carbonyl (C=O) groups excluding carboxylic acids is 2. The Hall–Kier alpha value is -2.05. The van der Waals surface area contributed by atoms with Gasteiger partial charge in [0.1, 0.15) is 5.76 Å². The van der Waals surface area contributed by atoms with Gasteiger partial charge in [-0.15, -0.1) is 0 Å². The van der Waals surface area contributed by atoms with Crippen molar-refractivity contribution in [3.8, 4) is 0 Å². The van der Waals surface area contributed by atoms with E-state index in [4.69, 9.17) is 32.5 Å². The third-order valence-corrected chi connectivity index (χ3v) is 3.12. The number of hydrogen-bond acceptors (Lipinski definition) is 5. The summed E-state index contributed by atoms with van der Waals surface area (Å²) in [6.45, 7) is 1.23. The molecule has 0 saturated heterocycles. The Morgan fingerprint density at radius 1 is 1.29 bits per heavy atom. The first kappa shape index (κ1) is 15.3. The van der Waals surface area contributed by atoms with Crippen LogP contribution in [0.5, 0.6) is 0 Å². The number of carbonyl (C=O) groups is 2. The molecule has 0 unspecified atom stereocenters. The van der Waals surface area contributed by atoms with Gasteiger partial charge in [-0.05, 0) is 25.1 Å². The molecule has 8 heteroatoms. The van der Waals surface area contributed by atoms with E-state index in [9.17, 15) is 9.59 Å². The average Bonchev–Trinajstić information content (AvgIpc) is 2.84. The highest BCUT2D eigenvalue weighted by atomic mass is 35.5. The van der Waals surface area contributed by atoms with E-state index in [1.54, 1.807) is 13.0 Å². The van der Waals surface area contributed by atoms with Gasteiger partial charge in [0.2, 0.25) is 0 Å². The molecule has 1 aromatic carbocycles. The molecule has 1 heterocycles. The Balaban J connectivity index is 1.88. The Bertz CT molecular complexity index is 685. The fourth-order valence-corrected chi connectivity index (χ4v) is 1.74. The normalized spacial score (nSPS) is 10.2. The molecule has 0 fully saturated rings. The minimum Gasteiger partial charge on any atom is -0.452 e. The smallest absolute Gasteiger partial charge is 0.338 e. The topological polar surface area (TPSA) is 81.4 Å². The summed E-state index contributed by atoms with van der Waals surface area (Å²) in [7, 11) is 0. The summed E-state index contributed by atoms with van der Waals surface area (Å²) in [4.78, 5) is 23.3. The maximum absolute atomic E-state index is 11.7. The van der Waals surface area contributed by atoms with Gasteiger partial charge in [0.15, 0.2) is 12.4 Å². The van der Waals surface area contributed by atoms with Crippen LogP contribution in [-0.4, -0.2) is 23.6 Å². The highest BCUT2D eigenvalue weighted by molar-refractivity contribution is 6.42. The molecule has 0 bridgehead atoms. The van der Waals surface area contributed by atoms with Gasteiger partial charge < -0.3 is 14.6 Å². The number of hydrogen-bond donors (Lipinski definition) is 1. The minimum absolute atomic E-state index is 0.203. The zero-order chi connectivity index (χ0) is 15.4. The van der Waals surface area contributed by atoms with Gasteiger partial charge in [0.05, 0.1) is 15.6 Å². The summed E-state index contributed by atoms with van der Waals surface area (Å²) < 4.78 is 9.64. The number of halogens is 2. The number of rotatable bonds is 4. The molecule has 0 saturated carbocycles. The minimum atomic E-state index is -0.681. The van der Waals surface area contributed by atoms with Crippen LogP contribution in [0.3, 0.4) is 0 Å². The molecule has 1 aromatic heterocycles. The largest absolute Gasteiger partial charge is 0.452 e. The van der Waals surface area contributed by atoms with Gasteiger partial charge in [-0.1, -0.05) is 28.4 Å². The molecule has 2 rings (SSSR count). The fraction of sp³-hybridized carbons (Fsp3) is 0.154. The Morgan fingerprint density at radius 2 is 2.05 bits per heavy atom. The van der Waals surface area contributed by atoms with Crippen molar-refractivity contribution in [3.63, 3.8) is 0 Å². The second-order valence-corrected chi connectivity index (χ2v) is 4.89. The number of anilines is 1. The Morgan fingerprint density at radius 3 is 2.67 bits per heavy atom. The molecular formula is C13H10Cl2N2O4. The SMILES string of the molecule is Cc1cc(NC(=O)COC(=O)c2ccc(Cl)c(Cl)c2)no1. The summed E-state index contributed by atoms with van der Waals surface area (Å²) in [5.41, 5.74) is 0.203. The molecule has 0 aliphatic heterocycles. The molecule has 2 aromatic rings. The monoisotopic (exact) mass is 328 g/mol. The number of amides is 1. The van der Waals surface area contributed by atoms with E-state index >= 15 is 0 Å². The van der Waals surface area contributed by atoms with Crippen LogP contribution in [0.2, 0.25) is 10.0 Å². The molecule has 0 radical (unpaired) electrons. The molecule has 21 heavy (non-hydrogen) atoms. The Labute approximate surface area is 130 Å². The first-order valence-corrected chi connectivity index (χ1v) is 6.56. The molecule has 0 spiro atoms. The van der Waals surface area contributed by atoms with Crippen LogP contribution >= 0.6 is 23.2 Å². The van der Waals surface area contributed by atoms with Crippen LogP contribution in [-0.2, 0) is 9.53 Å². The average molecular weight is 329 g/mol. The van der Waals surface area contributed by atoms with Crippen molar-refractivity contribution in [1.82, 2.24) is 5.16 Å². The van der Waals surface area contributed by atoms with Gasteiger partial charge in [0, 0.05) is 6.07 Å². The molecule has 110 valence electrons. The van der Waals surface area contributed by atoms with E-state index in [2.05, 4.69) is 10.5 Å². The zero-order valence-corrected chi connectivity index (χ0v) is 12.4. The number of aryl methyl sites for hydroxylation is 1. The fourth-order valence-electron chi connectivity index (χ4n) is 1.44. The van der Waals surface area contributed by atoms with E-state index in [-0.39, 0.29) is 16.4 Å². The van der Waals surface area contributed by atoms with Crippen molar-refractivity contribution in [3.05, 3.63) is 45.6 Å². The maximum Gasteiger partial charge on any atom is 0.338 e. The third kappa shape index (κ3) is 4.21. The molecule has 0 aliphatic carbocycles. The second-order valence-electron chi connectivity index (χ2n) is 4.08. The van der Waals surface area contributed by atoms with Crippen LogP contribution in [0.15, 0.2) is 28.8 Å².